The molecule has 0 radical (unpaired) electrons. The van der Waals surface area contributed by atoms with E-state index < -0.39 is 11.9 Å². The fourth-order valence-corrected chi connectivity index (χ4v) is 2.92. The first-order chi connectivity index (χ1) is 13.6. The molecule has 2 heterocycles. The third-order valence-corrected chi connectivity index (χ3v) is 4.43. The van der Waals surface area contributed by atoms with Crippen molar-refractivity contribution in [2.45, 2.75) is 13.0 Å². The van der Waals surface area contributed by atoms with Gasteiger partial charge >= 0.3 is 0 Å². The zero-order valence-electron chi connectivity index (χ0n) is 15.0. The van der Waals surface area contributed by atoms with Gasteiger partial charge in [-0.25, -0.2) is 14.1 Å². The molecule has 7 nitrogen and oxygen atoms in total. The number of hydrogen-bond acceptors (Lipinski definition) is 4. The van der Waals surface area contributed by atoms with E-state index in [1.807, 2.05) is 18.2 Å². The molecule has 2 aromatic carbocycles. The largest absolute Gasteiger partial charge is 0.319 e. The van der Waals surface area contributed by atoms with Gasteiger partial charge in [-0.05, 0) is 25.1 Å². The van der Waals surface area contributed by atoms with Gasteiger partial charge in [-0.3, -0.25) is 4.79 Å². The van der Waals surface area contributed by atoms with E-state index in [2.05, 4.69) is 20.6 Å². The summed E-state index contributed by atoms with van der Waals surface area (Å²) in [7, 11) is 0. The predicted molar refractivity (Wildman–Crippen MR) is 102 cm³/mol. The van der Waals surface area contributed by atoms with Crippen LogP contribution in [0.3, 0.4) is 0 Å². The van der Waals surface area contributed by atoms with Crippen LogP contribution < -0.4 is 5.32 Å². The molecule has 1 atom stereocenters. The first-order valence-corrected chi connectivity index (χ1v) is 8.68. The van der Waals surface area contributed by atoms with Gasteiger partial charge in [0.25, 0.3) is 5.91 Å². The number of nitrogens with zero attached hydrogens (tertiary/aromatic N) is 5. The van der Waals surface area contributed by atoms with Crippen LogP contribution in [0.15, 0.2) is 73.4 Å². The maximum Gasteiger partial charge on any atom is 0.277 e. The minimum absolute atomic E-state index is 0.142. The Morgan fingerprint density at radius 3 is 2.71 bits per heavy atom. The lowest BCUT2D eigenvalue weighted by Crippen LogP contribution is -2.14. The molecule has 28 heavy (non-hydrogen) atoms. The van der Waals surface area contributed by atoms with Gasteiger partial charge in [0, 0.05) is 18.0 Å². The van der Waals surface area contributed by atoms with Gasteiger partial charge in [0.15, 0.2) is 5.69 Å². The van der Waals surface area contributed by atoms with Crippen LogP contribution in [0.4, 0.5) is 10.1 Å². The number of rotatable bonds is 5. The van der Waals surface area contributed by atoms with Crippen molar-refractivity contribution in [3.8, 4) is 5.69 Å². The number of nitrogens with one attached hydrogen (secondary N) is 1. The molecule has 0 bridgehead atoms. The smallest absolute Gasteiger partial charge is 0.277 e. The summed E-state index contributed by atoms with van der Waals surface area (Å²) in [5.41, 5.74) is 2.01. The second kappa shape index (κ2) is 7.43. The number of carbonyl (C=O) groups is 1. The number of para-hydroxylation sites is 2. The summed E-state index contributed by atoms with van der Waals surface area (Å²) in [4.78, 5) is 16.7. The third kappa shape index (κ3) is 3.39. The van der Waals surface area contributed by atoms with Crippen LogP contribution in [0, 0.1) is 5.82 Å². The molecule has 1 unspecified atom stereocenters. The molecule has 0 aliphatic heterocycles. The SMILES string of the molecule is CC(c1ccccc1F)n1cc(C(=O)Nc2ccccc2-n2ccnc2)nn1. The van der Waals surface area contributed by atoms with E-state index in [9.17, 15) is 9.18 Å². The average molecular weight is 376 g/mol. The maximum atomic E-state index is 14.0. The van der Waals surface area contributed by atoms with E-state index in [0.717, 1.165) is 5.69 Å². The third-order valence-electron chi connectivity index (χ3n) is 4.43. The summed E-state index contributed by atoms with van der Waals surface area (Å²) in [6.45, 7) is 1.79. The summed E-state index contributed by atoms with van der Waals surface area (Å²) in [5, 5.41) is 10.8. The Hall–Kier alpha value is -3.81. The van der Waals surface area contributed by atoms with Crippen molar-refractivity contribution in [3.63, 3.8) is 0 Å². The van der Waals surface area contributed by atoms with Gasteiger partial charge in [0.05, 0.1) is 29.9 Å². The van der Waals surface area contributed by atoms with Gasteiger partial charge in [0.2, 0.25) is 0 Å². The summed E-state index contributed by atoms with van der Waals surface area (Å²) < 4.78 is 17.3. The highest BCUT2D eigenvalue weighted by atomic mass is 19.1. The fraction of sp³-hybridized carbons (Fsp3) is 0.100. The highest BCUT2D eigenvalue weighted by Crippen LogP contribution is 2.22. The molecular weight excluding hydrogens is 359 g/mol. The first kappa shape index (κ1) is 17.6. The lowest BCUT2D eigenvalue weighted by Gasteiger charge is -2.12. The Bertz CT molecular complexity index is 1110. The van der Waals surface area contributed by atoms with Crippen LogP contribution in [0.2, 0.25) is 0 Å². The van der Waals surface area contributed by atoms with Gasteiger partial charge in [0.1, 0.15) is 5.82 Å². The molecule has 140 valence electrons. The number of amides is 1. The topological polar surface area (TPSA) is 77.6 Å². The molecule has 4 aromatic rings. The van der Waals surface area contributed by atoms with Crippen LogP contribution in [-0.2, 0) is 0 Å². The summed E-state index contributed by atoms with van der Waals surface area (Å²) >= 11 is 0. The lowest BCUT2D eigenvalue weighted by atomic mass is 10.1. The molecule has 8 heteroatoms. The van der Waals surface area contributed by atoms with Crippen molar-refractivity contribution in [1.82, 2.24) is 24.5 Å². The molecule has 2 aromatic heterocycles. The van der Waals surface area contributed by atoms with Crippen molar-refractivity contribution in [2.24, 2.45) is 0 Å². The van der Waals surface area contributed by atoms with Gasteiger partial charge in [-0.15, -0.1) is 5.10 Å². The quantitative estimate of drug-likeness (QED) is 0.579. The van der Waals surface area contributed by atoms with Crippen LogP contribution in [0.5, 0.6) is 0 Å². The highest BCUT2D eigenvalue weighted by molar-refractivity contribution is 6.03. The van der Waals surface area contributed by atoms with Crippen molar-refractivity contribution in [1.29, 1.82) is 0 Å². The normalized spacial score (nSPS) is 11.9. The first-order valence-electron chi connectivity index (χ1n) is 8.68. The highest BCUT2D eigenvalue weighted by Gasteiger charge is 2.18. The number of hydrogen-bond donors (Lipinski definition) is 1. The van der Waals surface area contributed by atoms with Crippen molar-refractivity contribution in [3.05, 3.63) is 90.5 Å². The molecular formula is C20H17FN6O. The molecule has 0 spiro atoms. The van der Waals surface area contributed by atoms with Crippen LogP contribution in [-0.4, -0.2) is 30.5 Å². The Morgan fingerprint density at radius 1 is 1.14 bits per heavy atom. The minimum atomic E-state index is -0.403. The molecule has 0 saturated carbocycles. The second-order valence-corrected chi connectivity index (χ2v) is 6.22. The van der Waals surface area contributed by atoms with E-state index in [4.69, 9.17) is 0 Å². The summed E-state index contributed by atoms with van der Waals surface area (Å²) in [6.07, 6.45) is 6.61. The number of anilines is 1. The van der Waals surface area contributed by atoms with Crippen molar-refractivity contribution in [2.75, 3.05) is 5.32 Å². The Kier molecular flexibility index (Phi) is 4.67. The number of halogens is 1. The van der Waals surface area contributed by atoms with E-state index in [0.29, 0.717) is 11.3 Å². The Balaban J connectivity index is 1.56. The van der Waals surface area contributed by atoms with E-state index >= 15 is 0 Å². The van der Waals surface area contributed by atoms with E-state index in [-0.39, 0.29) is 11.5 Å². The average Bonchev–Trinajstić information content (AvgIpc) is 3.40. The van der Waals surface area contributed by atoms with Crippen LogP contribution in [0.25, 0.3) is 5.69 Å². The fourth-order valence-electron chi connectivity index (χ4n) is 2.92. The Morgan fingerprint density at radius 2 is 1.93 bits per heavy atom. The van der Waals surface area contributed by atoms with E-state index in [1.54, 1.807) is 54.5 Å². The second-order valence-electron chi connectivity index (χ2n) is 6.22. The van der Waals surface area contributed by atoms with Gasteiger partial charge in [-0.1, -0.05) is 35.5 Å². The summed E-state index contributed by atoms with van der Waals surface area (Å²) in [5.74, 6) is -0.731. The standard InChI is InChI=1S/C20H17FN6O/c1-14(15-6-2-3-7-16(15)21)27-12-18(24-25-27)20(28)23-17-8-4-5-9-19(17)26-11-10-22-13-26/h2-14H,1H3,(H,23,28). The van der Waals surface area contributed by atoms with Crippen molar-refractivity contribution >= 4 is 11.6 Å². The lowest BCUT2D eigenvalue weighted by molar-refractivity contribution is 0.102. The number of imidazole rings is 1. The molecule has 0 fully saturated rings. The Labute approximate surface area is 160 Å². The zero-order chi connectivity index (χ0) is 19.5. The van der Waals surface area contributed by atoms with Crippen LogP contribution >= 0.6 is 0 Å². The zero-order valence-corrected chi connectivity index (χ0v) is 15.0. The van der Waals surface area contributed by atoms with Crippen molar-refractivity contribution < 1.29 is 9.18 Å². The monoisotopic (exact) mass is 376 g/mol. The molecule has 0 aliphatic carbocycles. The number of aromatic nitrogens is 5. The molecule has 0 saturated heterocycles. The molecule has 4 rings (SSSR count). The molecule has 1 N–H and O–H groups in total. The molecule has 1 amide bonds. The van der Waals surface area contributed by atoms with E-state index in [1.165, 1.54) is 16.9 Å². The van der Waals surface area contributed by atoms with Gasteiger partial charge < -0.3 is 9.88 Å². The number of benzene rings is 2. The maximum absolute atomic E-state index is 14.0. The summed E-state index contributed by atoms with van der Waals surface area (Å²) in [6, 6.07) is 13.4. The molecule has 0 aliphatic rings. The predicted octanol–water partition coefficient (Wildman–Crippen LogP) is 3.46. The number of carbonyl (C=O) groups excluding carboxylic acids is 1. The minimum Gasteiger partial charge on any atom is -0.319 e. The van der Waals surface area contributed by atoms with Gasteiger partial charge in [-0.2, -0.15) is 0 Å². The van der Waals surface area contributed by atoms with Crippen LogP contribution in [0.1, 0.15) is 29.0 Å².